The standard InChI is InChI=1S/C13H9FO3/c14-10-6-9(13(15)16)7-12(8-10)17-11-4-2-1-3-5-11/h1-8H,(H,15,16). The minimum atomic E-state index is -1.19. The predicted octanol–water partition coefficient (Wildman–Crippen LogP) is 3.32. The third-order valence-electron chi connectivity index (χ3n) is 2.10. The van der Waals surface area contributed by atoms with Crippen LogP contribution in [0.5, 0.6) is 11.5 Å². The van der Waals surface area contributed by atoms with E-state index in [0.717, 1.165) is 12.1 Å². The summed E-state index contributed by atoms with van der Waals surface area (Å²) in [6.07, 6.45) is 0. The van der Waals surface area contributed by atoms with Crippen molar-refractivity contribution in [1.29, 1.82) is 0 Å². The molecule has 4 heteroatoms. The third kappa shape index (κ3) is 2.81. The number of benzene rings is 2. The van der Waals surface area contributed by atoms with Gasteiger partial charge in [0.1, 0.15) is 17.3 Å². The molecule has 2 aromatic rings. The zero-order valence-electron chi connectivity index (χ0n) is 8.76. The van der Waals surface area contributed by atoms with Gasteiger partial charge in [-0.1, -0.05) is 18.2 Å². The Morgan fingerprint density at radius 1 is 1.06 bits per heavy atom. The lowest BCUT2D eigenvalue weighted by Crippen LogP contribution is -1.97. The molecule has 0 saturated carbocycles. The van der Waals surface area contributed by atoms with Crippen molar-refractivity contribution in [3.8, 4) is 11.5 Å². The van der Waals surface area contributed by atoms with Gasteiger partial charge in [0.15, 0.2) is 0 Å². The molecule has 1 N–H and O–H groups in total. The summed E-state index contributed by atoms with van der Waals surface area (Å²) in [5, 5.41) is 8.78. The molecule has 0 atom stereocenters. The van der Waals surface area contributed by atoms with E-state index in [1.54, 1.807) is 24.3 Å². The number of halogens is 1. The predicted molar refractivity (Wildman–Crippen MR) is 59.9 cm³/mol. The number of rotatable bonds is 3. The first-order valence-electron chi connectivity index (χ1n) is 4.92. The monoisotopic (exact) mass is 232 g/mol. The van der Waals surface area contributed by atoms with Crippen LogP contribution in [0.25, 0.3) is 0 Å². The third-order valence-corrected chi connectivity index (χ3v) is 2.10. The van der Waals surface area contributed by atoms with Gasteiger partial charge in [-0.15, -0.1) is 0 Å². The zero-order chi connectivity index (χ0) is 12.3. The topological polar surface area (TPSA) is 46.5 Å². The minimum Gasteiger partial charge on any atom is -0.478 e. The normalized spacial score (nSPS) is 9.94. The molecule has 86 valence electrons. The van der Waals surface area contributed by atoms with Crippen molar-refractivity contribution in [3.63, 3.8) is 0 Å². The van der Waals surface area contributed by atoms with Crippen LogP contribution in [0, 0.1) is 5.82 Å². The highest BCUT2D eigenvalue weighted by Crippen LogP contribution is 2.23. The molecule has 2 rings (SSSR count). The van der Waals surface area contributed by atoms with Crippen molar-refractivity contribution in [2.24, 2.45) is 0 Å². The molecule has 17 heavy (non-hydrogen) atoms. The van der Waals surface area contributed by atoms with Gasteiger partial charge in [0.2, 0.25) is 0 Å². The number of carbonyl (C=O) groups is 1. The summed E-state index contributed by atoms with van der Waals surface area (Å²) in [6.45, 7) is 0. The van der Waals surface area contributed by atoms with Crippen LogP contribution in [0.15, 0.2) is 48.5 Å². The Hall–Kier alpha value is -2.36. The lowest BCUT2D eigenvalue weighted by atomic mass is 10.2. The molecule has 0 unspecified atom stereocenters. The second kappa shape index (κ2) is 4.65. The van der Waals surface area contributed by atoms with Crippen LogP contribution in [-0.4, -0.2) is 11.1 Å². The van der Waals surface area contributed by atoms with Gasteiger partial charge in [-0.25, -0.2) is 9.18 Å². The Labute approximate surface area is 97.1 Å². The second-order valence-corrected chi connectivity index (χ2v) is 3.40. The van der Waals surface area contributed by atoms with Gasteiger partial charge in [0.05, 0.1) is 5.56 Å². The fraction of sp³-hybridized carbons (Fsp3) is 0. The molecule has 0 radical (unpaired) electrons. The summed E-state index contributed by atoms with van der Waals surface area (Å²) in [7, 11) is 0. The van der Waals surface area contributed by atoms with Gasteiger partial charge < -0.3 is 9.84 Å². The van der Waals surface area contributed by atoms with Gasteiger partial charge >= 0.3 is 5.97 Å². The largest absolute Gasteiger partial charge is 0.478 e. The van der Waals surface area contributed by atoms with E-state index < -0.39 is 11.8 Å². The van der Waals surface area contributed by atoms with Crippen LogP contribution in [-0.2, 0) is 0 Å². The van der Waals surface area contributed by atoms with E-state index in [1.807, 2.05) is 6.07 Å². The van der Waals surface area contributed by atoms with Crippen LogP contribution in [0.4, 0.5) is 4.39 Å². The highest BCUT2D eigenvalue weighted by Gasteiger charge is 2.08. The van der Waals surface area contributed by atoms with Crippen molar-refractivity contribution >= 4 is 5.97 Å². The second-order valence-electron chi connectivity index (χ2n) is 3.40. The SMILES string of the molecule is O=C(O)c1cc(F)cc(Oc2ccccc2)c1. The van der Waals surface area contributed by atoms with E-state index in [4.69, 9.17) is 9.84 Å². The van der Waals surface area contributed by atoms with Crippen molar-refractivity contribution < 1.29 is 19.0 Å². The average molecular weight is 232 g/mol. The maximum absolute atomic E-state index is 13.1. The summed E-state index contributed by atoms with van der Waals surface area (Å²) in [5.74, 6) is -1.15. The van der Waals surface area contributed by atoms with Crippen LogP contribution in [0.1, 0.15) is 10.4 Å². The summed E-state index contributed by atoms with van der Waals surface area (Å²) >= 11 is 0. The Kier molecular flexibility index (Phi) is 3.05. The van der Waals surface area contributed by atoms with Crippen LogP contribution in [0.3, 0.4) is 0 Å². The number of para-hydroxylation sites is 1. The Bertz CT molecular complexity index is 538. The maximum atomic E-state index is 13.1. The molecule has 3 nitrogen and oxygen atoms in total. The molecule has 0 spiro atoms. The number of hydrogen-bond donors (Lipinski definition) is 1. The van der Waals surface area contributed by atoms with Gasteiger partial charge in [0.25, 0.3) is 0 Å². The summed E-state index contributed by atoms with van der Waals surface area (Å²) in [5.41, 5.74) is -0.143. The van der Waals surface area contributed by atoms with Gasteiger partial charge in [0, 0.05) is 6.07 Å². The molecule has 0 bridgehead atoms. The molecular weight excluding hydrogens is 223 g/mol. The van der Waals surface area contributed by atoms with E-state index in [-0.39, 0.29) is 11.3 Å². The van der Waals surface area contributed by atoms with Crippen LogP contribution < -0.4 is 4.74 Å². The first kappa shape index (κ1) is 11.1. The average Bonchev–Trinajstić information content (AvgIpc) is 2.29. The first-order chi connectivity index (χ1) is 8.15. The van der Waals surface area contributed by atoms with Crippen molar-refractivity contribution in [1.82, 2.24) is 0 Å². The Morgan fingerprint density at radius 2 is 1.76 bits per heavy atom. The van der Waals surface area contributed by atoms with E-state index in [2.05, 4.69) is 0 Å². The molecule has 0 fully saturated rings. The minimum absolute atomic E-state index is 0.143. The van der Waals surface area contributed by atoms with Crippen molar-refractivity contribution in [3.05, 3.63) is 59.9 Å². The molecule has 0 aliphatic heterocycles. The smallest absolute Gasteiger partial charge is 0.335 e. The summed E-state index contributed by atoms with van der Waals surface area (Å²) in [6, 6.07) is 12.1. The highest BCUT2D eigenvalue weighted by molar-refractivity contribution is 5.88. The summed E-state index contributed by atoms with van der Waals surface area (Å²) in [4.78, 5) is 10.7. The molecule has 0 aliphatic carbocycles. The van der Waals surface area contributed by atoms with Gasteiger partial charge in [-0.05, 0) is 24.3 Å². The van der Waals surface area contributed by atoms with Gasteiger partial charge in [-0.2, -0.15) is 0 Å². The quantitative estimate of drug-likeness (QED) is 0.882. The molecule has 2 aromatic carbocycles. The van der Waals surface area contributed by atoms with E-state index >= 15 is 0 Å². The fourth-order valence-corrected chi connectivity index (χ4v) is 1.37. The van der Waals surface area contributed by atoms with E-state index in [0.29, 0.717) is 5.75 Å². The molecule has 0 saturated heterocycles. The van der Waals surface area contributed by atoms with E-state index in [1.165, 1.54) is 6.07 Å². The van der Waals surface area contributed by atoms with Gasteiger partial charge in [-0.3, -0.25) is 0 Å². The zero-order valence-corrected chi connectivity index (χ0v) is 8.76. The first-order valence-corrected chi connectivity index (χ1v) is 4.92. The molecule has 0 heterocycles. The van der Waals surface area contributed by atoms with Crippen molar-refractivity contribution in [2.75, 3.05) is 0 Å². The van der Waals surface area contributed by atoms with Crippen LogP contribution in [0.2, 0.25) is 0 Å². The highest BCUT2D eigenvalue weighted by atomic mass is 19.1. The molecule has 0 amide bonds. The molecule has 0 aromatic heterocycles. The molecule has 0 aliphatic rings. The number of aromatic carboxylic acids is 1. The Morgan fingerprint density at radius 3 is 2.41 bits per heavy atom. The number of carboxylic acid groups (broad SMARTS) is 1. The molecular formula is C13H9FO3. The number of carboxylic acids is 1. The van der Waals surface area contributed by atoms with E-state index in [9.17, 15) is 9.18 Å². The van der Waals surface area contributed by atoms with Crippen LogP contribution >= 0.6 is 0 Å². The number of hydrogen-bond acceptors (Lipinski definition) is 2. The number of ether oxygens (including phenoxy) is 1. The van der Waals surface area contributed by atoms with Crippen molar-refractivity contribution in [2.45, 2.75) is 0 Å². The Balaban J connectivity index is 2.30. The lowest BCUT2D eigenvalue weighted by Gasteiger charge is -2.06. The lowest BCUT2D eigenvalue weighted by molar-refractivity contribution is 0.0696. The fourth-order valence-electron chi connectivity index (χ4n) is 1.37. The maximum Gasteiger partial charge on any atom is 0.335 e. The summed E-state index contributed by atoms with van der Waals surface area (Å²) < 4.78 is 18.5.